The van der Waals surface area contributed by atoms with Crippen molar-refractivity contribution in [2.75, 3.05) is 24.6 Å². The predicted octanol–water partition coefficient (Wildman–Crippen LogP) is 3.14. The van der Waals surface area contributed by atoms with Gasteiger partial charge in [-0.25, -0.2) is 0 Å². The van der Waals surface area contributed by atoms with Gasteiger partial charge in [0.2, 0.25) is 0 Å². The molecule has 1 heterocycles. The maximum atomic E-state index is 9.81. The summed E-state index contributed by atoms with van der Waals surface area (Å²) in [6.45, 7) is 6.92. The summed E-state index contributed by atoms with van der Waals surface area (Å²) >= 11 is 0. The van der Waals surface area contributed by atoms with Crippen molar-refractivity contribution >= 4 is 5.69 Å². The first-order valence-electron chi connectivity index (χ1n) is 7.39. The van der Waals surface area contributed by atoms with Crippen LogP contribution >= 0.6 is 0 Å². The summed E-state index contributed by atoms with van der Waals surface area (Å²) in [6, 6.07) is 8.30. The van der Waals surface area contributed by atoms with E-state index in [1.165, 1.54) is 12.1 Å². The van der Waals surface area contributed by atoms with Crippen LogP contribution in [0.2, 0.25) is 0 Å². The molecule has 1 aliphatic heterocycles. The van der Waals surface area contributed by atoms with Gasteiger partial charge < -0.3 is 14.7 Å². The zero-order valence-electron chi connectivity index (χ0n) is 12.0. The van der Waals surface area contributed by atoms with Crippen LogP contribution in [0, 0.1) is 0 Å². The van der Waals surface area contributed by atoms with Gasteiger partial charge in [0, 0.05) is 25.4 Å². The zero-order valence-corrected chi connectivity index (χ0v) is 12.0. The van der Waals surface area contributed by atoms with E-state index < -0.39 is 0 Å². The molecule has 2 atom stereocenters. The van der Waals surface area contributed by atoms with Crippen molar-refractivity contribution in [3.8, 4) is 0 Å². The molecule has 0 radical (unpaired) electrons. The summed E-state index contributed by atoms with van der Waals surface area (Å²) in [6.07, 6.45) is 3.13. The number of hydrogen-bond donors (Lipinski definition) is 1. The Balaban J connectivity index is 2.01. The van der Waals surface area contributed by atoms with Crippen molar-refractivity contribution in [3.05, 3.63) is 29.8 Å². The zero-order chi connectivity index (χ0) is 13.7. The number of benzene rings is 1. The molecular weight excluding hydrogens is 238 g/mol. The molecule has 2 unspecified atom stereocenters. The monoisotopic (exact) mass is 263 g/mol. The van der Waals surface area contributed by atoms with E-state index >= 15 is 0 Å². The van der Waals surface area contributed by atoms with E-state index in [-0.39, 0.29) is 6.10 Å². The van der Waals surface area contributed by atoms with Crippen LogP contribution in [0.5, 0.6) is 0 Å². The van der Waals surface area contributed by atoms with Crippen molar-refractivity contribution < 1.29 is 9.84 Å². The third-order valence-electron chi connectivity index (χ3n) is 3.81. The maximum Gasteiger partial charge on any atom is 0.0787 e. The number of aliphatic hydroxyl groups excluding tert-OH is 1. The van der Waals surface area contributed by atoms with Crippen molar-refractivity contribution in [3.63, 3.8) is 0 Å². The Labute approximate surface area is 116 Å². The molecule has 19 heavy (non-hydrogen) atoms. The van der Waals surface area contributed by atoms with Gasteiger partial charge in [0.15, 0.2) is 0 Å². The fourth-order valence-electron chi connectivity index (χ4n) is 2.69. The number of nitrogens with zero attached hydrogens (tertiary/aromatic N) is 1. The molecule has 0 amide bonds. The third-order valence-corrected chi connectivity index (χ3v) is 3.81. The Morgan fingerprint density at radius 3 is 2.68 bits per heavy atom. The van der Waals surface area contributed by atoms with Crippen LogP contribution in [0.25, 0.3) is 0 Å². The SMILES string of the molecule is CCOC1CCCN(c2ccc(C(O)CC)cc2)C1. The summed E-state index contributed by atoms with van der Waals surface area (Å²) in [5.41, 5.74) is 2.24. The van der Waals surface area contributed by atoms with Gasteiger partial charge in [0.05, 0.1) is 12.2 Å². The minimum Gasteiger partial charge on any atom is -0.388 e. The van der Waals surface area contributed by atoms with Crippen molar-refractivity contribution in [2.24, 2.45) is 0 Å². The van der Waals surface area contributed by atoms with E-state index in [1.807, 2.05) is 19.1 Å². The molecule has 1 aromatic rings. The van der Waals surface area contributed by atoms with E-state index in [0.29, 0.717) is 6.10 Å². The van der Waals surface area contributed by atoms with Gasteiger partial charge in [-0.3, -0.25) is 0 Å². The highest BCUT2D eigenvalue weighted by Crippen LogP contribution is 2.24. The smallest absolute Gasteiger partial charge is 0.0787 e. The first-order valence-corrected chi connectivity index (χ1v) is 7.39. The second-order valence-corrected chi connectivity index (χ2v) is 5.18. The van der Waals surface area contributed by atoms with Gasteiger partial charge in [-0.2, -0.15) is 0 Å². The summed E-state index contributed by atoms with van der Waals surface area (Å²) in [4.78, 5) is 2.38. The first-order chi connectivity index (χ1) is 9.24. The highest BCUT2D eigenvalue weighted by Gasteiger charge is 2.20. The van der Waals surface area contributed by atoms with Gasteiger partial charge in [-0.05, 0) is 43.9 Å². The molecule has 0 bridgehead atoms. The molecule has 3 nitrogen and oxygen atoms in total. The highest BCUT2D eigenvalue weighted by molar-refractivity contribution is 5.48. The number of hydrogen-bond acceptors (Lipinski definition) is 3. The molecule has 106 valence electrons. The molecule has 0 saturated carbocycles. The Morgan fingerprint density at radius 2 is 2.05 bits per heavy atom. The van der Waals surface area contributed by atoms with E-state index in [0.717, 1.165) is 38.1 Å². The summed E-state index contributed by atoms with van der Waals surface area (Å²) < 4.78 is 5.73. The Hall–Kier alpha value is -1.06. The van der Waals surface area contributed by atoms with E-state index in [9.17, 15) is 5.11 Å². The number of aliphatic hydroxyl groups is 1. The summed E-state index contributed by atoms with van der Waals surface area (Å²) in [7, 11) is 0. The quantitative estimate of drug-likeness (QED) is 0.886. The summed E-state index contributed by atoms with van der Waals surface area (Å²) in [5.74, 6) is 0. The van der Waals surface area contributed by atoms with Crippen LogP contribution in [0.15, 0.2) is 24.3 Å². The van der Waals surface area contributed by atoms with Crippen molar-refractivity contribution in [1.29, 1.82) is 0 Å². The lowest BCUT2D eigenvalue weighted by atomic mass is 10.0. The molecule has 1 aromatic carbocycles. The number of piperidine rings is 1. The maximum absolute atomic E-state index is 9.81. The molecule has 1 fully saturated rings. The van der Waals surface area contributed by atoms with Gasteiger partial charge in [0.1, 0.15) is 0 Å². The molecule has 0 aromatic heterocycles. The molecule has 3 heteroatoms. The average molecular weight is 263 g/mol. The van der Waals surface area contributed by atoms with Crippen LogP contribution < -0.4 is 4.90 Å². The lowest BCUT2D eigenvalue weighted by Gasteiger charge is -2.34. The largest absolute Gasteiger partial charge is 0.388 e. The molecule has 1 saturated heterocycles. The number of rotatable bonds is 5. The normalized spacial score (nSPS) is 21.4. The van der Waals surface area contributed by atoms with E-state index in [2.05, 4.69) is 24.0 Å². The minimum atomic E-state index is -0.341. The van der Waals surface area contributed by atoms with Crippen LogP contribution in [-0.2, 0) is 4.74 Å². The molecule has 0 aliphatic carbocycles. The van der Waals surface area contributed by atoms with Crippen molar-refractivity contribution in [2.45, 2.75) is 45.3 Å². The number of ether oxygens (including phenoxy) is 1. The lowest BCUT2D eigenvalue weighted by molar-refractivity contribution is 0.0526. The number of anilines is 1. The Kier molecular flexibility index (Phi) is 5.23. The van der Waals surface area contributed by atoms with Crippen LogP contribution in [0.3, 0.4) is 0 Å². The van der Waals surface area contributed by atoms with Crippen molar-refractivity contribution in [1.82, 2.24) is 0 Å². The molecule has 2 rings (SSSR count). The first kappa shape index (κ1) is 14.4. The predicted molar refractivity (Wildman–Crippen MR) is 78.6 cm³/mol. The lowest BCUT2D eigenvalue weighted by Crippen LogP contribution is -2.39. The Bertz CT molecular complexity index is 375. The van der Waals surface area contributed by atoms with Crippen LogP contribution in [-0.4, -0.2) is 30.9 Å². The van der Waals surface area contributed by atoms with E-state index in [4.69, 9.17) is 4.74 Å². The van der Waals surface area contributed by atoms with E-state index in [1.54, 1.807) is 0 Å². The fraction of sp³-hybridized carbons (Fsp3) is 0.625. The third kappa shape index (κ3) is 3.71. The topological polar surface area (TPSA) is 32.7 Å². The fourth-order valence-corrected chi connectivity index (χ4v) is 2.69. The Morgan fingerprint density at radius 1 is 1.32 bits per heavy atom. The molecule has 0 spiro atoms. The highest BCUT2D eigenvalue weighted by atomic mass is 16.5. The van der Waals surface area contributed by atoms with Crippen LogP contribution in [0.1, 0.15) is 44.8 Å². The standard InChI is InChI=1S/C16H25NO2/c1-3-16(18)13-7-9-14(10-8-13)17-11-5-6-15(12-17)19-4-2/h7-10,15-16,18H,3-6,11-12H2,1-2H3. The molecular formula is C16H25NO2. The average Bonchev–Trinajstić information content (AvgIpc) is 2.47. The second-order valence-electron chi connectivity index (χ2n) is 5.18. The van der Waals surface area contributed by atoms with Crippen LogP contribution in [0.4, 0.5) is 5.69 Å². The van der Waals surface area contributed by atoms with Gasteiger partial charge in [-0.15, -0.1) is 0 Å². The van der Waals surface area contributed by atoms with Gasteiger partial charge >= 0.3 is 0 Å². The summed E-state index contributed by atoms with van der Waals surface area (Å²) in [5, 5.41) is 9.81. The van der Waals surface area contributed by atoms with Gasteiger partial charge in [0.25, 0.3) is 0 Å². The molecule has 1 N–H and O–H groups in total. The van der Waals surface area contributed by atoms with Gasteiger partial charge in [-0.1, -0.05) is 19.1 Å². The molecule has 1 aliphatic rings. The minimum absolute atomic E-state index is 0.341. The second kappa shape index (κ2) is 6.92.